The lowest BCUT2D eigenvalue weighted by Crippen LogP contribution is -2.24. The minimum absolute atomic E-state index is 0.0695. The van der Waals surface area contributed by atoms with Crippen LogP contribution >= 0.6 is 0 Å². The Morgan fingerprint density at radius 2 is 2.00 bits per heavy atom. The van der Waals surface area contributed by atoms with Crippen molar-refractivity contribution in [3.8, 4) is 17.1 Å². The smallest absolute Gasteiger partial charge is 0.244 e. The van der Waals surface area contributed by atoms with Gasteiger partial charge in [0, 0.05) is 13.2 Å². The van der Waals surface area contributed by atoms with Gasteiger partial charge in [0.2, 0.25) is 10.0 Å². The molecule has 0 spiro atoms. The fraction of sp³-hybridized carbons (Fsp3) is 0.222. The molecule has 136 valence electrons. The minimum atomic E-state index is -3.73. The van der Waals surface area contributed by atoms with E-state index in [-0.39, 0.29) is 11.4 Å². The molecule has 3 rings (SSSR count). The summed E-state index contributed by atoms with van der Waals surface area (Å²) in [5.74, 6) is 0.304. The molecule has 0 bridgehead atoms. The molecule has 2 aromatic heterocycles. The Morgan fingerprint density at radius 3 is 2.69 bits per heavy atom. The summed E-state index contributed by atoms with van der Waals surface area (Å²) >= 11 is 0. The van der Waals surface area contributed by atoms with Crippen LogP contribution in [0.4, 0.5) is 0 Å². The normalized spacial score (nSPS) is 11.5. The van der Waals surface area contributed by atoms with Crippen LogP contribution in [0.25, 0.3) is 11.4 Å². The van der Waals surface area contributed by atoms with Gasteiger partial charge in [-0.3, -0.25) is 9.67 Å². The molecule has 0 atom stereocenters. The highest BCUT2D eigenvalue weighted by atomic mass is 32.2. The molecule has 7 nitrogen and oxygen atoms in total. The van der Waals surface area contributed by atoms with Gasteiger partial charge in [0.05, 0.1) is 30.7 Å². The molecule has 0 unspecified atom stereocenters. The summed E-state index contributed by atoms with van der Waals surface area (Å²) in [6.07, 6.45) is 1.70. The maximum Gasteiger partial charge on any atom is 0.244 e. The van der Waals surface area contributed by atoms with Gasteiger partial charge >= 0.3 is 0 Å². The predicted molar refractivity (Wildman–Crippen MR) is 98.2 cm³/mol. The van der Waals surface area contributed by atoms with Crippen molar-refractivity contribution >= 4 is 10.0 Å². The van der Waals surface area contributed by atoms with Crippen LogP contribution in [-0.2, 0) is 23.6 Å². The molecule has 26 heavy (non-hydrogen) atoms. The van der Waals surface area contributed by atoms with Crippen LogP contribution < -0.4 is 9.46 Å². The number of ether oxygens (including phenoxy) is 1. The van der Waals surface area contributed by atoms with E-state index in [1.165, 1.54) is 7.11 Å². The van der Waals surface area contributed by atoms with Gasteiger partial charge in [-0.1, -0.05) is 12.1 Å². The van der Waals surface area contributed by atoms with Gasteiger partial charge in [-0.2, -0.15) is 5.10 Å². The van der Waals surface area contributed by atoms with Crippen LogP contribution in [0.2, 0.25) is 0 Å². The van der Waals surface area contributed by atoms with Crippen LogP contribution in [0.3, 0.4) is 0 Å². The van der Waals surface area contributed by atoms with Gasteiger partial charge in [-0.25, -0.2) is 13.1 Å². The van der Waals surface area contributed by atoms with E-state index in [9.17, 15) is 8.42 Å². The van der Waals surface area contributed by atoms with Crippen molar-refractivity contribution in [2.45, 2.75) is 18.4 Å². The lowest BCUT2D eigenvalue weighted by Gasteiger charge is -2.10. The standard InChI is InChI=1S/C18H20N4O3S/c1-13-7-8-17(25-3)18(10-13)26(23,24)20-12-14-11-16(22(2)21-14)15-6-4-5-9-19-15/h4-11,20H,12H2,1-3H3. The first-order chi connectivity index (χ1) is 12.4. The molecule has 1 N–H and O–H groups in total. The van der Waals surface area contributed by atoms with Crippen molar-refractivity contribution in [3.63, 3.8) is 0 Å². The first kappa shape index (κ1) is 18.1. The average Bonchev–Trinajstić information content (AvgIpc) is 3.01. The molecule has 0 aliphatic heterocycles. The summed E-state index contributed by atoms with van der Waals surface area (Å²) in [4.78, 5) is 4.41. The fourth-order valence-corrected chi connectivity index (χ4v) is 3.86. The lowest BCUT2D eigenvalue weighted by atomic mass is 10.2. The van der Waals surface area contributed by atoms with E-state index in [0.29, 0.717) is 11.4 Å². The topological polar surface area (TPSA) is 86.1 Å². The molecular weight excluding hydrogens is 352 g/mol. The van der Waals surface area contributed by atoms with Crippen molar-refractivity contribution in [1.29, 1.82) is 0 Å². The molecule has 8 heteroatoms. The molecule has 0 radical (unpaired) electrons. The van der Waals surface area contributed by atoms with Gasteiger partial charge in [0.1, 0.15) is 10.6 Å². The number of benzene rings is 1. The second-order valence-corrected chi connectivity index (χ2v) is 7.57. The van der Waals surface area contributed by atoms with Gasteiger partial charge in [0.15, 0.2) is 0 Å². The first-order valence-electron chi connectivity index (χ1n) is 7.99. The molecule has 2 heterocycles. The Kier molecular flexibility index (Phi) is 5.06. The van der Waals surface area contributed by atoms with Crippen molar-refractivity contribution in [1.82, 2.24) is 19.5 Å². The largest absolute Gasteiger partial charge is 0.495 e. The van der Waals surface area contributed by atoms with E-state index in [2.05, 4.69) is 14.8 Å². The van der Waals surface area contributed by atoms with Crippen LogP contribution in [0, 0.1) is 6.92 Å². The third-order valence-electron chi connectivity index (χ3n) is 3.91. The number of pyridine rings is 1. The number of methoxy groups -OCH3 is 1. The summed E-state index contributed by atoms with van der Waals surface area (Å²) in [5, 5.41) is 4.36. The van der Waals surface area contributed by atoms with Crippen LogP contribution in [0.5, 0.6) is 5.75 Å². The third-order valence-corrected chi connectivity index (χ3v) is 5.33. The van der Waals surface area contributed by atoms with E-state index in [0.717, 1.165) is 17.0 Å². The van der Waals surface area contributed by atoms with E-state index < -0.39 is 10.0 Å². The number of aryl methyl sites for hydroxylation is 2. The number of hydrogen-bond donors (Lipinski definition) is 1. The van der Waals surface area contributed by atoms with E-state index >= 15 is 0 Å². The average molecular weight is 372 g/mol. The summed E-state index contributed by atoms with van der Waals surface area (Å²) < 4.78 is 34.8. The molecule has 0 fully saturated rings. The van der Waals surface area contributed by atoms with Crippen molar-refractivity contribution in [2.75, 3.05) is 7.11 Å². The van der Waals surface area contributed by atoms with Crippen LogP contribution in [0.1, 0.15) is 11.3 Å². The van der Waals surface area contributed by atoms with Crippen molar-refractivity contribution in [2.24, 2.45) is 7.05 Å². The number of sulfonamides is 1. The van der Waals surface area contributed by atoms with E-state index in [1.807, 2.05) is 31.2 Å². The number of nitrogens with zero attached hydrogens (tertiary/aromatic N) is 3. The second-order valence-electron chi connectivity index (χ2n) is 5.84. The van der Waals surface area contributed by atoms with Crippen molar-refractivity contribution in [3.05, 3.63) is 59.9 Å². The number of aromatic nitrogens is 3. The zero-order valence-electron chi connectivity index (χ0n) is 14.8. The summed E-state index contributed by atoms with van der Waals surface area (Å²) in [6.45, 7) is 1.90. The summed E-state index contributed by atoms with van der Waals surface area (Å²) in [6, 6.07) is 12.4. The summed E-state index contributed by atoms with van der Waals surface area (Å²) in [5.41, 5.74) is 3.02. The van der Waals surface area contributed by atoms with Gasteiger partial charge in [0.25, 0.3) is 0 Å². The lowest BCUT2D eigenvalue weighted by molar-refractivity contribution is 0.402. The highest BCUT2D eigenvalue weighted by molar-refractivity contribution is 7.89. The quantitative estimate of drug-likeness (QED) is 0.717. The Labute approximate surface area is 152 Å². The number of nitrogens with one attached hydrogen (secondary N) is 1. The highest BCUT2D eigenvalue weighted by Crippen LogP contribution is 2.25. The second kappa shape index (κ2) is 7.27. The van der Waals surface area contributed by atoms with E-state index in [4.69, 9.17) is 4.74 Å². The molecule has 3 aromatic rings. The Morgan fingerprint density at radius 1 is 1.19 bits per heavy atom. The van der Waals surface area contributed by atoms with Gasteiger partial charge < -0.3 is 4.74 Å². The maximum atomic E-state index is 12.7. The number of rotatable bonds is 6. The molecule has 0 aliphatic carbocycles. The first-order valence-corrected chi connectivity index (χ1v) is 9.47. The molecular formula is C18H20N4O3S. The zero-order chi connectivity index (χ0) is 18.7. The fourth-order valence-electron chi connectivity index (χ4n) is 2.61. The van der Waals surface area contributed by atoms with E-state index in [1.54, 1.807) is 36.1 Å². The monoisotopic (exact) mass is 372 g/mol. The predicted octanol–water partition coefficient (Wildman–Crippen LogP) is 2.28. The molecule has 0 amide bonds. The summed E-state index contributed by atoms with van der Waals surface area (Å²) in [7, 11) is -0.489. The molecule has 0 aliphatic rings. The Balaban J connectivity index is 1.82. The Bertz CT molecular complexity index is 1010. The van der Waals surface area contributed by atoms with Gasteiger partial charge in [-0.15, -0.1) is 0 Å². The third kappa shape index (κ3) is 3.76. The minimum Gasteiger partial charge on any atom is -0.495 e. The molecule has 0 saturated carbocycles. The molecule has 0 saturated heterocycles. The zero-order valence-corrected chi connectivity index (χ0v) is 15.6. The Hall–Kier alpha value is -2.71. The SMILES string of the molecule is COc1ccc(C)cc1S(=O)(=O)NCc1cc(-c2ccccn2)n(C)n1. The van der Waals surface area contributed by atoms with Gasteiger partial charge in [-0.05, 0) is 42.8 Å². The number of hydrogen-bond acceptors (Lipinski definition) is 5. The maximum absolute atomic E-state index is 12.7. The van der Waals surface area contributed by atoms with Crippen LogP contribution in [0.15, 0.2) is 53.6 Å². The highest BCUT2D eigenvalue weighted by Gasteiger charge is 2.20. The molecule has 1 aromatic carbocycles. The van der Waals surface area contributed by atoms with Crippen LogP contribution in [-0.4, -0.2) is 30.3 Å². The van der Waals surface area contributed by atoms with Crippen molar-refractivity contribution < 1.29 is 13.2 Å².